The lowest BCUT2D eigenvalue weighted by molar-refractivity contribution is 0.100. The van der Waals surface area contributed by atoms with Crippen LogP contribution in [-0.4, -0.2) is 38.4 Å². The van der Waals surface area contributed by atoms with Crippen LogP contribution in [0.3, 0.4) is 0 Å². The number of anilines is 1. The van der Waals surface area contributed by atoms with Crippen molar-refractivity contribution in [3.8, 4) is 0 Å². The molecule has 8 heteroatoms. The number of nitrogens with one attached hydrogen (secondary N) is 2. The molecule has 1 fully saturated rings. The number of aromatic amines is 1. The highest BCUT2D eigenvalue weighted by atomic mass is 32.2. The van der Waals surface area contributed by atoms with Gasteiger partial charge in [0.2, 0.25) is 10.0 Å². The van der Waals surface area contributed by atoms with Crippen LogP contribution in [0.15, 0.2) is 24.1 Å². The molecule has 1 atom stereocenters. The zero-order valence-corrected chi connectivity index (χ0v) is 15.8. The second-order valence-corrected chi connectivity index (χ2v) is 8.40. The molecule has 1 aromatic carbocycles. The van der Waals surface area contributed by atoms with Gasteiger partial charge in [0.05, 0.1) is 11.1 Å². The van der Waals surface area contributed by atoms with E-state index in [0.29, 0.717) is 12.1 Å². The monoisotopic (exact) mass is 376 g/mol. The summed E-state index contributed by atoms with van der Waals surface area (Å²) in [6, 6.07) is 3.44. The number of carbonyl (C=O) groups is 1. The van der Waals surface area contributed by atoms with Crippen molar-refractivity contribution >= 4 is 32.5 Å². The third-order valence-corrected chi connectivity index (χ3v) is 6.11. The fourth-order valence-corrected chi connectivity index (χ4v) is 4.36. The second kappa shape index (κ2) is 6.77. The number of fused-ring (bicyclic) bond motifs is 1. The number of benzene rings is 1. The molecule has 0 aliphatic carbocycles. The number of nitrogens with two attached hydrogens (primary N) is 1. The summed E-state index contributed by atoms with van der Waals surface area (Å²) in [6.45, 7) is 8.69. The SMILES string of the molecule is C=CS(=O)(=O)N[C@@H]1CCCN(c2ccc(C(N)=O)c3[nH]c(C)c(C)c23)C1. The third-order valence-electron chi connectivity index (χ3n) is 5.01. The molecule has 3 rings (SSSR count). The molecule has 0 spiro atoms. The summed E-state index contributed by atoms with van der Waals surface area (Å²) in [5.74, 6) is -0.474. The van der Waals surface area contributed by atoms with E-state index in [-0.39, 0.29) is 6.04 Å². The van der Waals surface area contributed by atoms with Crippen molar-refractivity contribution < 1.29 is 13.2 Å². The van der Waals surface area contributed by atoms with E-state index in [9.17, 15) is 13.2 Å². The smallest absolute Gasteiger partial charge is 0.250 e. The molecule has 1 aliphatic heterocycles. The summed E-state index contributed by atoms with van der Waals surface area (Å²) in [5.41, 5.74) is 9.74. The quantitative estimate of drug-likeness (QED) is 0.741. The van der Waals surface area contributed by atoms with E-state index in [1.54, 1.807) is 6.07 Å². The van der Waals surface area contributed by atoms with Gasteiger partial charge in [-0.25, -0.2) is 13.1 Å². The second-order valence-electron chi connectivity index (χ2n) is 6.74. The molecule has 1 saturated heterocycles. The van der Waals surface area contributed by atoms with Crippen molar-refractivity contribution in [3.05, 3.63) is 40.9 Å². The summed E-state index contributed by atoms with van der Waals surface area (Å²) in [7, 11) is -3.47. The number of piperidine rings is 1. The normalized spacial score (nSPS) is 18.2. The van der Waals surface area contributed by atoms with Crippen LogP contribution in [0, 0.1) is 13.8 Å². The average molecular weight is 376 g/mol. The number of amides is 1. The molecule has 1 aromatic heterocycles. The Bertz CT molecular complexity index is 978. The van der Waals surface area contributed by atoms with E-state index in [2.05, 4.69) is 21.2 Å². The molecule has 2 heterocycles. The zero-order chi connectivity index (χ0) is 19.1. The Morgan fingerprint density at radius 1 is 1.42 bits per heavy atom. The number of nitrogens with zero attached hydrogens (tertiary/aromatic N) is 1. The van der Waals surface area contributed by atoms with E-state index in [4.69, 9.17) is 5.73 Å². The third kappa shape index (κ3) is 3.34. The minimum atomic E-state index is -3.47. The molecule has 0 unspecified atom stereocenters. The van der Waals surface area contributed by atoms with Crippen molar-refractivity contribution in [3.63, 3.8) is 0 Å². The minimum absolute atomic E-state index is 0.182. The maximum Gasteiger partial charge on any atom is 0.250 e. The lowest BCUT2D eigenvalue weighted by Gasteiger charge is -2.35. The lowest BCUT2D eigenvalue weighted by Crippen LogP contribution is -2.47. The first-order chi connectivity index (χ1) is 12.2. The van der Waals surface area contributed by atoms with E-state index in [1.165, 1.54) is 0 Å². The van der Waals surface area contributed by atoms with Gasteiger partial charge in [0.1, 0.15) is 0 Å². The Morgan fingerprint density at radius 3 is 2.81 bits per heavy atom. The highest BCUT2D eigenvalue weighted by Gasteiger charge is 2.26. The summed E-state index contributed by atoms with van der Waals surface area (Å²) >= 11 is 0. The molecule has 0 bridgehead atoms. The Hall–Kier alpha value is -2.32. The number of aryl methyl sites for hydroxylation is 2. The first-order valence-electron chi connectivity index (χ1n) is 8.55. The number of carbonyl (C=O) groups excluding carboxylic acids is 1. The predicted molar refractivity (Wildman–Crippen MR) is 104 cm³/mol. The number of hydrogen-bond acceptors (Lipinski definition) is 4. The largest absolute Gasteiger partial charge is 0.369 e. The topological polar surface area (TPSA) is 108 Å². The molecule has 7 nitrogen and oxygen atoms in total. The number of rotatable bonds is 5. The minimum Gasteiger partial charge on any atom is -0.369 e. The number of sulfonamides is 1. The van der Waals surface area contributed by atoms with Gasteiger partial charge in [-0.1, -0.05) is 6.58 Å². The van der Waals surface area contributed by atoms with Crippen molar-refractivity contribution in [1.29, 1.82) is 0 Å². The van der Waals surface area contributed by atoms with Crippen molar-refractivity contribution in [2.45, 2.75) is 32.7 Å². The molecule has 0 radical (unpaired) electrons. The molecular weight excluding hydrogens is 352 g/mol. The number of hydrogen-bond donors (Lipinski definition) is 3. The van der Waals surface area contributed by atoms with Gasteiger partial charge in [-0.15, -0.1) is 0 Å². The van der Waals surface area contributed by atoms with Gasteiger partial charge in [-0.2, -0.15) is 0 Å². The van der Waals surface area contributed by atoms with E-state index in [0.717, 1.165) is 52.6 Å². The first-order valence-corrected chi connectivity index (χ1v) is 10.1. The fraction of sp³-hybridized carbons (Fsp3) is 0.389. The van der Waals surface area contributed by atoms with Crippen molar-refractivity contribution in [1.82, 2.24) is 9.71 Å². The molecule has 1 amide bonds. The van der Waals surface area contributed by atoms with Crippen LogP contribution >= 0.6 is 0 Å². The molecule has 140 valence electrons. The summed E-state index contributed by atoms with van der Waals surface area (Å²) in [5, 5.41) is 1.90. The average Bonchev–Trinajstić information content (AvgIpc) is 2.89. The number of aromatic nitrogens is 1. The molecule has 2 aromatic rings. The molecular formula is C18H24N4O3S. The van der Waals surface area contributed by atoms with Crippen LogP contribution in [0.5, 0.6) is 0 Å². The Labute approximate surface area is 153 Å². The summed E-state index contributed by atoms with van der Waals surface area (Å²) in [6.07, 6.45) is 1.64. The van der Waals surface area contributed by atoms with Crippen LogP contribution in [-0.2, 0) is 10.0 Å². The Balaban J connectivity index is 2.01. The summed E-state index contributed by atoms with van der Waals surface area (Å²) in [4.78, 5) is 17.2. The van der Waals surface area contributed by atoms with Gasteiger partial charge < -0.3 is 15.6 Å². The Kier molecular flexibility index (Phi) is 4.81. The first kappa shape index (κ1) is 18.5. The van der Waals surface area contributed by atoms with Gasteiger partial charge >= 0.3 is 0 Å². The predicted octanol–water partition coefficient (Wildman–Crippen LogP) is 1.92. The van der Waals surface area contributed by atoms with E-state index in [1.807, 2.05) is 19.9 Å². The Morgan fingerprint density at radius 2 is 2.15 bits per heavy atom. The van der Waals surface area contributed by atoms with Gasteiger partial charge in [0.15, 0.2) is 0 Å². The highest BCUT2D eigenvalue weighted by molar-refractivity contribution is 7.92. The van der Waals surface area contributed by atoms with Gasteiger partial charge in [-0.05, 0) is 44.4 Å². The van der Waals surface area contributed by atoms with E-state index < -0.39 is 15.9 Å². The van der Waals surface area contributed by atoms with Gasteiger partial charge in [0.25, 0.3) is 5.91 Å². The maximum absolute atomic E-state index is 11.8. The maximum atomic E-state index is 11.8. The van der Waals surface area contributed by atoms with Crippen LogP contribution in [0.4, 0.5) is 5.69 Å². The van der Waals surface area contributed by atoms with Crippen molar-refractivity contribution in [2.75, 3.05) is 18.0 Å². The zero-order valence-electron chi connectivity index (χ0n) is 15.0. The van der Waals surface area contributed by atoms with Crippen LogP contribution < -0.4 is 15.4 Å². The van der Waals surface area contributed by atoms with Gasteiger partial charge in [-0.3, -0.25) is 4.79 Å². The number of primary amides is 1. The lowest BCUT2D eigenvalue weighted by atomic mass is 10.0. The summed E-state index contributed by atoms with van der Waals surface area (Å²) < 4.78 is 26.3. The molecule has 1 aliphatic rings. The molecule has 4 N–H and O–H groups in total. The molecule has 26 heavy (non-hydrogen) atoms. The van der Waals surface area contributed by atoms with Crippen molar-refractivity contribution in [2.24, 2.45) is 5.73 Å². The van der Waals surface area contributed by atoms with Crippen LogP contribution in [0.2, 0.25) is 0 Å². The number of H-pyrrole nitrogens is 1. The van der Waals surface area contributed by atoms with Crippen LogP contribution in [0.1, 0.15) is 34.5 Å². The van der Waals surface area contributed by atoms with Gasteiger partial charge in [0, 0.05) is 41.3 Å². The van der Waals surface area contributed by atoms with E-state index >= 15 is 0 Å². The molecule has 0 saturated carbocycles. The highest BCUT2D eigenvalue weighted by Crippen LogP contribution is 2.35. The fourth-order valence-electron chi connectivity index (χ4n) is 3.61. The standard InChI is InChI=1S/C18H24N4O3S/c1-4-26(24,25)21-13-6-5-9-22(10-13)15-8-7-14(18(19)23)17-16(15)11(2)12(3)20-17/h4,7-8,13,20-21H,1,5-6,9-10H2,2-3H3,(H2,19,23)/t13-/m1/s1. The van der Waals surface area contributed by atoms with Crippen LogP contribution in [0.25, 0.3) is 10.9 Å².